The second kappa shape index (κ2) is 43.1. The molecule has 0 aromatic carbocycles. The van der Waals surface area contributed by atoms with Gasteiger partial charge in [-0.05, 0) is 110 Å². The minimum atomic E-state index is -4.85. The number of hydrogen-bond acceptors (Lipinski definition) is 53. The van der Waals surface area contributed by atoms with Crippen LogP contribution in [0.1, 0.15) is 106 Å². The number of aromatic nitrogens is 22. The molecule has 0 spiro atoms. The van der Waals surface area contributed by atoms with Crippen molar-refractivity contribution in [1.82, 2.24) is 107 Å². The molecule has 798 valence electrons. The number of aromatic amines is 3. The van der Waals surface area contributed by atoms with Crippen LogP contribution >= 0.6 is 47.0 Å². The molecule has 0 amide bonds. The van der Waals surface area contributed by atoms with E-state index in [0.717, 1.165) is 33.5 Å². The van der Waals surface area contributed by atoms with Crippen molar-refractivity contribution in [3.63, 3.8) is 0 Å². The molecule has 29 atom stereocenters. The maximum absolute atomic E-state index is 13.7. The Kier molecular flexibility index (Phi) is 32.0. The topological polar surface area (TPSA) is 851 Å². The summed E-state index contributed by atoms with van der Waals surface area (Å²) in [5.74, 6) is -0.784. The third kappa shape index (κ3) is 24.3. The van der Waals surface area contributed by atoms with Crippen LogP contribution in [-0.2, 0) is 179 Å². The minimum Gasteiger partial charge on any atom is -0.385 e. The first kappa shape index (κ1) is 109. The molecule has 18 heterocycles. The molecule has 7 saturated heterocycles. The molecule has 7 aliphatic rings. The van der Waals surface area contributed by atoms with Crippen LogP contribution in [0.5, 0.6) is 0 Å². The molecule has 23 N–H and O–H groups in total. The number of nitrogen functional groups attached to an aromatic ring is 6. The van der Waals surface area contributed by atoms with E-state index in [1.54, 1.807) is 20.8 Å². The molecule has 63 nitrogen and oxygen atoms in total. The molecule has 77 heteroatoms. The highest BCUT2D eigenvalue weighted by Crippen LogP contribution is 2.60. The van der Waals surface area contributed by atoms with Crippen LogP contribution in [-0.4, -0.2) is 278 Å². The Balaban J connectivity index is 0.566. The predicted octanol–water partition coefficient (Wildman–Crippen LogP) is -0.664. The van der Waals surface area contributed by atoms with Gasteiger partial charge < -0.3 is 161 Å². The van der Waals surface area contributed by atoms with Gasteiger partial charge in [-0.15, -0.1) is 0 Å². The Labute approximate surface area is 858 Å². The van der Waals surface area contributed by atoms with Gasteiger partial charge in [0, 0.05) is 80.9 Å². The lowest BCUT2D eigenvalue weighted by atomic mass is 10.2. The quantitative estimate of drug-likeness (QED) is 0.0213. The summed E-state index contributed by atoms with van der Waals surface area (Å²) >= 11 is 39.0. The Bertz CT molecular complexity index is 7670. The number of fused-ring (bicyclic) bond motifs is 4. The van der Waals surface area contributed by atoms with E-state index in [0.29, 0.717) is 11.1 Å². The molecular weight excluding hydrogens is 2230 g/mol. The third-order valence-corrected chi connectivity index (χ3v) is 35.2. The second-order valence-electron chi connectivity index (χ2n) is 33.9. The van der Waals surface area contributed by atoms with E-state index in [9.17, 15) is 68.1 Å². The van der Waals surface area contributed by atoms with Gasteiger partial charge in [0.2, 0.25) is 11.9 Å². The molecule has 7 fully saturated rings. The van der Waals surface area contributed by atoms with Crippen LogP contribution in [0.25, 0.3) is 44.7 Å². The lowest BCUT2D eigenvalue weighted by molar-refractivity contribution is -0.131. The molecule has 8 unspecified atom stereocenters. The number of nitrogens with zero attached hydrogens (tertiary/aromatic N) is 19. The number of aryl methyl sites for hydroxylation is 3. The van der Waals surface area contributed by atoms with Crippen molar-refractivity contribution in [2.75, 3.05) is 74.5 Å². The lowest BCUT2D eigenvalue weighted by Gasteiger charge is -2.29. The second-order valence-corrected chi connectivity index (χ2v) is 53.5. The predicted molar refractivity (Wildman–Crippen MR) is 530 cm³/mol. The van der Waals surface area contributed by atoms with Gasteiger partial charge in [0.1, 0.15) is 115 Å². The first-order valence-electron chi connectivity index (χ1n) is 43.4. The summed E-state index contributed by atoms with van der Waals surface area (Å²) in [4.78, 5) is 220. The highest BCUT2D eigenvalue weighted by atomic mass is 32.5. The van der Waals surface area contributed by atoms with Gasteiger partial charge in [-0.2, -0.15) is 19.9 Å². The normalized spacial score (nSPS) is 29.9. The van der Waals surface area contributed by atoms with Gasteiger partial charge in [-0.25, -0.2) is 54.3 Å². The lowest BCUT2D eigenvalue weighted by Crippen LogP contribution is -2.35. The smallest absolute Gasteiger partial charge is 0.351 e. The van der Waals surface area contributed by atoms with Crippen molar-refractivity contribution in [2.45, 2.75) is 202 Å². The average Bonchev–Trinajstić information content (AvgIpc) is 1.61. The number of nitrogens with two attached hydrogens (primary N) is 6. The van der Waals surface area contributed by atoms with Crippen molar-refractivity contribution in [3.05, 3.63) is 136 Å². The summed E-state index contributed by atoms with van der Waals surface area (Å²) in [5.41, 5.74) is 32.3. The number of nitrogens with one attached hydrogen (secondary N) is 3. The maximum atomic E-state index is 13.7. The third-order valence-electron chi connectivity index (χ3n) is 24.1. The number of rotatable bonds is 39. The van der Waals surface area contributed by atoms with Crippen LogP contribution in [0.2, 0.25) is 0 Å². The monoisotopic (exact) mass is 2320 g/mol. The molecule has 11 aromatic rings. The fourth-order valence-electron chi connectivity index (χ4n) is 17.0. The molecule has 0 aliphatic carbocycles. The van der Waals surface area contributed by atoms with E-state index in [4.69, 9.17) is 214 Å². The van der Waals surface area contributed by atoms with E-state index in [-0.39, 0.29) is 117 Å². The Morgan fingerprint density at radius 1 is 0.367 bits per heavy atom. The average molecular weight is 2330 g/mol. The van der Waals surface area contributed by atoms with Crippen molar-refractivity contribution < 1.29 is 136 Å². The van der Waals surface area contributed by atoms with E-state index >= 15 is 0 Å². The number of hydrogen-bond donors (Lipinski definition) is 17. The van der Waals surface area contributed by atoms with Gasteiger partial charge in [-0.3, -0.25) is 70.4 Å². The van der Waals surface area contributed by atoms with Crippen molar-refractivity contribution in [2.24, 2.45) is 0 Å². The summed E-state index contributed by atoms with van der Waals surface area (Å²) in [6, 6.07) is 0. The van der Waals surface area contributed by atoms with E-state index in [2.05, 4.69) is 74.8 Å². The number of ether oxygens (including phenoxy) is 7. The van der Waals surface area contributed by atoms with Gasteiger partial charge >= 0.3 is 64.1 Å². The molecule has 7 aliphatic heterocycles. The molecular formula is C70H91N28O35P7S7. The van der Waals surface area contributed by atoms with Crippen LogP contribution in [0, 0.1) is 20.8 Å². The summed E-state index contributed by atoms with van der Waals surface area (Å²) in [5, 5.41) is 11.8. The van der Waals surface area contributed by atoms with Gasteiger partial charge in [0.15, 0.2) is 57.8 Å². The van der Waals surface area contributed by atoms with Crippen LogP contribution in [0.4, 0.5) is 35.2 Å². The number of aliphatic hydroxyl groups is 1. The standard InChI is InChI=1S/C70H91N28O35P7S7/c1-26-12-92(68(103)85-53(26)71)41-7-31(36(120-41)15-114-135(107,142)126-30-6-44(119-29(30)4)96-23-83-49-59(96)87-66(75)89-62(49)101)127-136(108,143)115-16-37-32(8-42(121-37)93-13-27(2)54(72)86-69(93)104)128-137(109,144)116-17-38-33(10-45(123-38)95-22-81-47-55(73)77-20-79-57(47)95)129-138(110,145)117-18-39-34(11-46(124-39)97-24-84-50-60(97)88-67(76)90-63(50)102)130-139(111,146)118-19-40-35(9-43(122-40)94-14-28(3)61(100)91-70(94)105)131-140(112,147)133-65-52(132-134(106,141)113-5)51(99)64(125-65)98-25-82-48-56(74)78-21-80-58(48)98/h12-14,20-25,29-46,51-52,64-65,99H,6-11,15-19H2,1-5H3,(H,106,141)(H,107,142)(H,108,143)(H,109,144)(H,110,145)(H,111,146)(H,112,147)(H2,71,85,103)(H2,72,86,104)(H2,73,77,79)(H2,74,78,80)(H,91,100,105)(H3,75,87,89,101)(H3,76,88,90,102)/t29-,30-,31-,32-,33-,34-,35-,36-,37-,38-,39-,40-,41-,42-,43-,44-,45-,46-,51?,52-,64-,65-,134?,135?,136?,137?,138?,139?,140?/m1/s1. The van der Waals surface area contributed by atoms with Gasteiger partial charge in [-0.1, -0.05) is 0 Å². The van der Waals surface area contributed by atoms with Crippen molar-refractivity contribution in [3.8, 4) is 0 Å². The van der Waals surface area contributed by atoms with Gasteiger partial charge in [0.25, 0.3) is 16.7 Å². The summed E-state index contributed by atoms with van der Waals surface area (Å²) < 4.78 is 137. The Hall–Kier alpha value is -7.57. The fourth-order valence-corrected chi connectivity index (χ4v) is 26.9. The first-order chi connectivity index (χ1) is 69.3. The van der Waals surface area contributed by atoms with Crippen LogP contribution < -0.4 is 68.1 Å². The first-order valence-corrected chi connectivity index (χ1v) is 61.6. The Morgan fingerprint density at radius 3 is 1.10 bits per heavy atom. The summed E-state index contributed by atoms with van der Waals surface area (Å²) in [6.45, 7) is -30.0. The molecule has 11 aromatic heterocycles. The number of imidazole rings is 4. The number of aliphatic hydroxyl groups excluding tert-OH is 1. The van der Waals surface area contributed by atoms with Crippen LogP contribution in [0.15, 0.2) is 85.3 Å². The maximum Gasteiger partial charge on any atom is 0.351 e. The molecule has 147 heavy (non-hydrogen) atoms. The summed E-state index contributed by atoms with van der Waals surface area (Å²) in [6.07, 6.45) is -21.2. The largest absolute Gasteiger partial charge is 0.385 e. The molecule has 18 rings (SSSR count). The van der Waals surface area contributed by atoms with Crippen molar-refractivity contribution >= 4 is 210 Å². The van der Waals surface area contributed by atoms with Crippen LogP contribution in [0.3, 0.4) is 0 Å². The molecule has 0 radical (unpaired) electrons. The number of H-pyrrole nitrogens is 3. The Morgan fingerprint density at radius 2 is 0.701 bits per heavy atom. The highest BCUT2D eigenvalue weighted by molar-refractivity contribution is 8.09. The zero-order valence-corrected chi connectivity index (χ0v) is 88.2. The minimum absolute atomic E-state index is 0.0188. The fraction of sp³-hybridized carbons (Fsp3) is 0.543. The zero-order chi connectivity index (χ0) is 105. The molecule has 0 bridgehead atoms. The SMILES string of the molecule is COP(O)(=S)O[C@@H]1C(O)[C@H](n2cnc3c(N)ncnc32)O[C@@H]1OP(O)(=S)O[C@@H]1C[C@H](n2cc(C)c(=O)[nH]c2=O)O[C@@H]1COP(O)(=S)O[C@@H]1C[C@H](n2cnc3c(=O)[nH]c(N)nc32)O[C@@H]1COP(O)(=S)O[C@@H]1C[C@H](n2cnc3c(N)ncnc32)O[C@@H]1COP(O)(=S)O[C@@H]1C[C@H](n2cc(C)c(N)nc2=O)O[C@@H]1COP(O)(=S)O[C@@H]1C[C@H](n2cc(C)c(N)nc2=O)O[C@@H]1COP(O)(=S)O[C@@H]1C[C@H](n2cnc3c(=O)[nH]c(N)nc32)O[C@@H]1C. The molecule has 0 saturated carbocycles. The zero-order valence-electron chi connectivity index (χ0n) is 76.2. The summed E-state index contributed by atoms with van der Waals surface area (Å²) in [7, 11) is 1.02. The van der Waals surface area contributed by atoms with E-state index in [1.165, 1.54) is 69.1 Å². The van der Waals surface area contributed by atoms with Gasteiger partial charge in [0.05, 0.1) is 101 Å². The van der Waals surface area contributed by atoms with E-state index < -0.39 is 256 Å². The highest BCUT2D eigenvalue weighted by Gasteiger charge is 2.55. The number of anilines is 6. The van der Waals surface area contributed by atoms with E-state index in [1.807, 2.05) is 0 Å². The van der Waals surface area contributed by atoms with Crippen molar-refractivity contribution in [1.29, 1.82) is 0 Å².